The lowest BCUT2D eigenvalue weighted by Gasteiger charge is -2.34. The molecule has 0 aromatic carbocycles. The van der Waals surface area contributed by atoms with Crippen LogP contribution in [-0.4, -0.2) is 54.8 Å². The molecule has 1 saturated heterocycles. The minimum atomic E-state index is -0.754. The van der Waals surface area contributed by atoms with E-state index in [1.54, 1.807) is 0 Å². The summed E-state index contributed by atoms with van der Waals surface area (Å²) in [7, 11) is 1.92. The van der Waals surface area contributed by atoms with Crippen LogP contribution in [0.3, 0.4) is 0 Å². The fourth-order valence-corrected chi connectivity index (χ4v) is 2.94. The number of carbonyl (C=O) groups is 2. The van der Waals surface area contributed by atoms with Crippen LogP contribution in [-0.2, 0) is 19.1 Å². The molecule has 1 saturated carbocycles. The molecule has 0 aromatic heterocycles. The van der Waals surface area contributed by atoms with E-state index in [0.29, 0.717) is 25.0 Å². The number of hydrogen-bond donors (Lipinski definition) is 2. The Labute approximate surface area is 162 Å². The summed E-state index contributed by atoms with van der Waals surface area (Å²) >= 11 is 0. The molecule has 1 unspecified atom stereocenters. The second kappa shape index (κ2) is 8.71. The summed E-state index contributed by atoms with van der Waals surface area (Å²) in [6, 6.07) is 0.416. The summed E-state index contributed by atoms with van der Waals surface area (Å²) in [6.07, 6.45) is 6.28. The molecular weight excluding hydrogens is 346 g/mol. The van der Waals surface area contributed by atoms with E-state index in [-0.39, 0.29) is 12.2 Å². The van der Waals surface area contributed by atoms with Gasteiger partial charge in [-0.1, -0.05) is 13.8 Å². The van der Waals surface area contributed by atoms with Gasteiger partial charge in [0.05, 0.1) is 12.1 Å². The standard InChI is InChI=1S/C20H35N3O4/c1-19(2,13-27-17-8-6-7-11-26-17)15(21)12-16(24)22-18(25)20(3,4)23(5)14-9-10-14/h12,14,17H,6-11,13,21H2,1-5H3,(H,22,24,25). The van der Waals surface area contributed by atoms with Crippen molar-refractivity contribution in [2.75, 3.05) is 20.3 Å². The van der Waals surface area contributed by atoms with Gasteiger partial charge in [0.15, 0.2) is 6.29 Å². The van der Waals surface area contributed by atoms with E-state index in [2.05, 4.69) is 5.32 Å². The first-order valence-electron chi connectivity index (χ1n) is 9.83. The van der Waals surface area contributed by atoms with Crippen molar-refractivity contribution in [3.63, 3.8) is 0 Å². The predicted octanol–water partition coefficient (Wildman–Crippen LogP) is 1.91. The van der Waals surface area contributed by atoms with E-state index in [1.807, 2.05) is 39.6 Å². The van der Waals surface area contributed by atoms with Crippen molar-refractivity contribution < 1.29 is 19.1 Å². The van der Waals surface area contributed by atoms with Gasteiger partial charge in [0, 0.05) is 29.8 Å². The number of ether oxygens (including phenoxy) is 2. The van der Waals surface area contributed by atoms with Crippen molar-refractivity contribution in [3.8, 4) is 0 Å². The fourth-order valence-electron chi connectivity index (χ4n) is 2.94. The fraction of sp³-hybridized carbons (Fsp3) is 0.800. The molecule has 7 heteroatoms. The number of rotatable bonds is 8. The first kappa shape index (κ1) is 21.9. The summed E-state index contributed by atoms with van der Waals surface area (Å²) in [6.45, 7) is 8.51. The van der Waals surface area contributed by atoms with Crippen LogP contribution >= 0.6 is 0 Å². The van der Waals surface area contributed by atoms with Gasteiger partial charge < -0.3 is 15.2 Å². The zero-order chi connectivity index (χ0) is 20.2. The highest BCUT2D eigenvalue weighted by Crippen LogP contribution is 2.31. The van der Waals surface area contributed by atoms with E-state index in [9.17, 15) is 9.59 Å². The highest BCUT2D eigenvalue weighted by atomic mass is 16.7. The van der Waals surface area contributed by atoms with Crippen LogP contribution in [0.1, 0.15) is 59.8 Å². The Morgan fingerprint density at radius 1 is 1.22 bits per heavy atom. The average Bonchev–Trinajstić information content (AvgIpc) is 3.45. The van der Waals surface area contributed by atoms with Crippen LogP contribution < -0.4 is 11.1 Å². The Balaban J connectivity index is 1.88. The normalized spacial score (nSPS) is 22.0. The minimum Gasteiger partial charge on any atom is -0.401 e. The maximum atomic E-state index is 12.5. The molecule has 0 spiro atoms. The summed E-state index contributed by atoms with van der Waals surface area (Å²) < 4.78 is 11.4. The molecule has 0 bridgehead atoms. The van der Waals surface area contributed by atoms with Crippen molar-refractivity contribution in [2.24, 2.45) is 11.1 Å². The Bertz CT molecular complexity index is 576. The van der Waals surface area contributed by atoms with Crippen molar-refractivity contribution in [2.45, 2.75) is 77.7 Å². The van der Waals surface area contributed by atoms with Gasteiger partial charge in [-0.25, -0.2) is 0 Å². The molecule has 1 heterocycles. The van der Waals surface area contributed by atoms with Crippen LogP contribution in [0, 0.1) is 5.41 Å². The highest BCUT2D eigenvalue weighted by Gasteiger charge is 2.41. The van der Waals surface area contributed by atoms with Crippen molar-refractivity contribution in [1.82, 2.24) is 10.2 Å². The average molecular weight is 382 g/mol. The molecule has 2 aliphatic rings. The minimum absolute atomic E-state index is 0.208. The molecule has 27 heavy (non-hydrogen) atoms. The third kappa shape index (κ3) is 6.02. The second-order valence-electron chi connectivity index (χ2n) is 8.81. The molecule has 154 valence electrons. The number of nitrogens with one attached hydrogen (secondary N) is 1. The molecule has 1 atom stereocenters. The van der Waals surface area contributed by atoms with E-state index < -0.39 is 16.9 Å². The molecule has 2 fully saturated rings. The lowest BCUT2D eigenvalue weighted by atomic mass is 9.90. The number of hydrogen-bond acceptors (Lipinski definition) is 6. The quantitative estimate of drug-likeness (QED) is 0.624. The van der Waals surface area contributed by atoms with Gasteiger partial charge >= 0.3 is 0 Å². The molecule has 1 aliphatic heterocycles. The Kier molecular flexibility index (Phi) is 7.05. The molecule has 2 rings (SSSR count). The van der Waals surface area contributed by atoms with E-state index in [1.165, 1.54) is 6.08 Å². The maximum Gasteiger partial charge on any atom is 0.252 e. The second-order valence-corrected chi connectivity index (χ2v) is 8.81. The molecule has 1 aliphatic carbocycles. The molecular formula is C20H35N3O4. The van der Waals surface area contributed by atoms with Crippen molar-refractivity contribution in [1.29, 1.82) is 0 Å². The molecule has 2 amide bonds. The smallest absolute Gasteiger partial charge is 0.252 e. The van der Waals surface area contributed by atoms with Crippen molar-refractivity contribution >= 4 is 11.8 Å². The monoisotopic (exact) mass is 381 g/mol. The third-order valence-electron chi connectivity index (χ3n) is 5.60. The lowest BCUT2D eigenvalue weighted by Crippen LogP contribution is -2.55. The van der Waals surface area contributed by atoms with Crippen LogP contribution in [0.4, 0.5) is 0 Å². The van der Waals surface area contributed by atoms with Gasteiger partial charge in [0.25, 0.3) is 5.91 Å². The summed E-state index contributed by atoms with van der Waals surface area (Å²) in [5.41, 5.74) is 5.21. The maximum absolute atomic E-state index is 12.5. The predicted molar refractivity (Wildman–Crippen MR) is 104 cm³/mol. The largest absolute Gasteiger partial charge is 0.401 e. The topological polar surface area (TPSA) is 93.9 Å². The lowest BCUT2D eigenvalue weighted by molar-refractivity contribution is -0.173. The Hall–Kier alpha value is -1.44. The first-order valence-corrected chi connectivity index (χ1v) is 9.83. The Morgan fingerprint density at radius 2 is 1.89 bits per heavy atom. The van der Waals surface area contributed by atoms with Crippen LogP contribution in [0.5, 0.6) is 0 Å². The summed E-state index contributed by atoms with van der Waals surface area (Å²) in [5.74, 6) is -0.827. The number of imide groups is 1. The van der Waals surface area contributed by atoms with Crippen LogP contribution in [0.2, 0.25) is 0 Å². The molecule has 0 aromatic rings. The number of likely N-dealkylation sites (N-methyl/N-ethyl adjacent to an activating group) is 1. The van der Waals surface area contributed by atoms with Crippen molar-refractivity contribution in [3.05, 3.63) is 11.8 Å². The zero-order valence-corrected chi connectivity index (χ0v) is 17.3. The van der Waals surface area contributed by atoms with Gasteiger partial charge in [0.2, 0.25) is 5.91 Å². The van der Waals surface area contributed by atoms with Gasteiger partial charge in [-0.2, -0.15) is 0 Å². The van der Waals surface area contributed by atoms with Gasteiger partial charge in [0.1, 0.15) is 0 Å². The number of amides is 2. The van der Waals surface area contributed by atoms with Crippen LogP contribution in [0.15, 0.2) is 11.8 Å². The SMILES string of the molecule is CN(C1CC1)C(C)(C)C(=O)NC(=O)C=C(N)C(C)(C)COC1CCCCO1. The van der Waals surface area contributed by atoms with E-state index >= 15 is 0 Å². The van der Waals surface area contributed by atoms with Gasteiger partial charge in [-0.3, -0.25) is 19.8 Å². The van der Waals surface area contributed by atoms with E-state index in [4.69, 9.17) is 15.2 Å². The van der Waals surface area contributed by atoms with Gasteiger partial charge in [-0.05, 0) is 53.0 Å². The number of carbonyl (C=O) groups excluding carboxylic acids is 2. The number of nitrogens with zero attached hydrogens (tertiary/aromatic N) is 1. The van der Waals surface area contributed by atoms with Gasteiger partial charge in [-0.15, -0.1) is 0 Å². The van der Waals surface area contributed by atoms with Crippen LogP contribution in [0.25, 0.3) is 0 Å². The molecule has 3 N–H and O–H groups in total. The molecule has 7 nitrogen and oxygen atoms in total. The zero-order valence-electron chi connectivity index (χ0n) is 17.3. The van der Waals surface area contributed by atoms with E-state index in [0.717, 1.165) is 32.1 Å². The third-order valence-corrected chi connectivity index (χ3v) is 5.60. The highest BCUT2D eigenvalue weighted by molar-refractivity contribution is 6.04. The number of nitrogens with two attached hydrogens (primary N) is 1. The first-order chi connectivity index (χ1) is 12.5. The molecule has 0 radical (unpaired) electrons. The summed E-state index contributed by atoms with van der Waals surface area (Å²) in [4.78, 5) is 26.8. The Morgan fingerprint density at radius 3 is 2.44 bits per heavy atom. The summed E-state index contributed by atoms with van der Waals surface area (Å²) in [5, 5.41) is 2.45.